The van der Waals surface area contributed by atoms with Crippen LogP contribution in [-0.2, 0) is 25.8 Å². The number of benzene rings is 1. The minimum atomic E-state index is -3.33. The lowest BCUT2D eigenvalue weighted by molar-refractivity contribution is -0.134. The summed E-state index contributed by atoms with van der Waals surface area (Å²) in [6.45, 7) is 1.87. The number of carbonyl (C=O) groups is 3. The Hall–Kier alpha value is -2.42. The van der Waals surface area contributed by atoms with Crippen LogP contribution in [0.1, 0.15) is 31.7 Å². The van der Waals surface area contributed by atoms with Gasteiger partial charge in [-0.05, 0) is 62.3 Å². The van der Waals surface area contributed by atoms with Crippen molar-refractivity contribution in [1.82, 2.24) is 10.2 Å². The van der Waals surface area contributed by atoms with E-state index in [1.807, 2.05) is 0 Å². The van der Waals surface area contributed by atoms with Crippen LogP contribution in [0, 0.1) is 5.92 Å². The van der Waals surface area contributed by atoms with Crippen molar-refractivity contribution < 1.29 is 22.8 Å². The Bertz CT molecular complexity index is 985. The SMILES string of the molecule is CC1(C2CC2)NC(=O)N(CC(=O)N2CCCc3cc(S(C)(=O)=O)ccc32)C1=O. The van der Waals surface area contributed by atoms with Crippen LogP contribution in [0.4, 0.5) is 10.5 Å². The fraction of sp³-hybridized carbons (Fsp3) is 0.526. The average Bonchev–Trinajstić information content (AvgIpc) is 3.46. The molecule has 0 spiro atoms. The van der Waals surface area contributed by atoms with Gasteiger partial charge in [0, 0.05) is 18.5 Å². The van der Waals surface area contributed by atoms with E-state index in [-0.39, 0.29) is 29.2 Å². The summed E-state index contributed by atoms with van der Waals surface area (Å²) in [4.78, 5) is 40.7. The molecule has 28 heavy (non-hydrogen) atoms. The Morgan fingerprint density at radius 2 is 2.00 bits per heavy atom. The summed E-state index contributed by atoms with van der Waals surface area (Å²) in [5, 5.41) is 2.74. The van der Waals surface area contributed by atoms with Gasteiger partial charge in [-0.2, -0.15) is 0 Å². The fourth-order valence-corrected chi connectivity index (χ4v) is 4.75. The van der Waals surface area contributed by atoms with Crippen molar-refractivity contribution in [2.24, 2.45) is 5.92 Å². The molecule has 0 radical (unpaired) electrons. The summed E-state index contributed by atoms with van der Waals surface area (Å²) in [6, 6.07) is 4.18. The molecule has 4 rings (SSSR count). The topological polar surface area (TPSA) is 104 Å². The number of hydrogen-bond acceptors (Lipinski definition) is 5. The van der Waals surface area contributed by atoms with E-state index in [1.54, 1.807) is 19.1 Å². The number of sulfone groups is 1. The number of carbonyl (C=O) groups excluding carboxylic acids is 3. The Kier molecular flexibility index (Phi) is 4.26. The number of urea groups is 1. The van der Waals surface area contributed by atoms with Crippen LogP contribution >= 0.6 is 0 Å². The summed E-state index contributed by atoms with van der Waals surface area (Å²) in [5.74, 6) is -0.566. The van der Waals surface area contributed by atoms with E-state index in [9.17, 15) is 22.8 Å². The van der Waals surface area contributed by atoms with E-state index in [1.165, 1.54) is 11.0 Å². The van der Waals surface area contributed by atoms with Crippen molar-refractivity contribution in [1.29, 1.82) is 0 Å². The predicted molar refractivity (Wildman–Crippen MR) is 102 cm³/mol. The standard InChI is InChI=1S/C19H23N3O5S/c1-19(13-5-6-13)17(24)22(18(25)20-19)11-16(23)21-9-3-4-12-10-14(28(2,26)27)7-8-15(12)21/h7-8,10,13H,3-6,9,11H2,1-2H3,(H,20,25). The number of amides is 4. The van der Waals surface area contributed by atoms with Gasteiger partial charge in [0.1, 0.15) is 12.1 Å². The number of nitrogens with zero attached hydrogens (tertiary/aromatic N) is 2. The summed E-state index contributed by atoms with van der Waals surface area (Å²) < 4.78 is 23.6. The minimum absolute atomic E-state index is 0.133. The van der Waals surface area contributed by atoms with Crippen LogP contribution in [0.5, 0.6) is 0 Å². The van der Waals surface area contributed by atoms with Gasteiger partial charge in [0.25, 0.3) is 5.91 Å². The van der Waals surface area contributed by atoms with Crippen molar-refractivity contribution in [2.45, 2.75) is 43.0 Å². The highest BCUT2D eigenvalue weighted by atomic mass is 32.2. The molecule has 4 amide bonds. The average molecular weight is 405 g/mol. The molecule has 1 aliphatic carbocycles. The molecule has 1 atom stereocenters. The van der Waals surface area contributed by atoms with Gasteiger partial charge in [0.15, 0.2) is 9.84 Å². The highest BCUT2D eigenvalue weighted by molar-refractivity contribution is 7.90. The molecule has 2 heterocycles. The first kappa shape index (κ1) is 18.9. The highest BCUT2D eigenvalue weighted by Gasteiger charge is 2.56. The third kappa shape index (κ3) is 3.07. The lowest BCUT2D eigenvalue weighted by Gasteiger charge is -2.31. The van der Waals surface area contributed by atoms with Gasteiger partial charge >= 0.3 is 6.03 Å². The second-order valence-electron chi connectivity index (χ2n) is 8.01. The molecule has 8 nitrogen and oxygen atoms in total. The normalized spacial score (nSPS) is 24.9. The van der Waals surface area contributed by atoms with Crippen LogP contribution in [0.15, 0.2) is 23.1 Å². The number of fused-ring (bicyclic) bond motifs is 1. The van der Waals surface area contributed by atoms with Gasteiger partial charge in [-0.3, -0.25) is 14.5 Å². The number of nitrogens with one attached hydrogen (secondary N) is 1. The molecule has 0 bridgehead atoms. The van der Waals surface area contributed by atoms with E-state index >= 15 is 0 Å². The van der Waals surface area contributed by atoms with Gasteiger partial charge in [-0.1, -0.05) is 0 Å². The molecule has 1 unspecified atom stereocenters. The quantitative estimate of drug-likeness (QED) is 0.755. The first-order valence-electron chi connectivity index (χ1n) is 9.39. The van der Waals surface area contributed by atoms with Crippen LogP contribution in [0.2, 0.25) is 0 Å². The summed E-state index contributed by atoms with van der Waals surface area (Å²) in [7, 11) is -3.33. The molecule has 2 fully saturated rings. The number of rotatable bonds is 4. The molecule has 2 aliphatic heterocycles. The zero-order chi connectivity index (χ0) is 20.3. The Morgan fingerprint density at radius 1 is 1.29 bits per heavy atom. The zero-order valence-electron chi connectivity index (χ0n) is 15.9. The van der Waals surface area contributed by atoms with E-state index in [2.05, 4.69) is 5.32 Å². The Morgan fingerprint density at radius 3 is 2.64 bits per heavy atom. The van der Waals surface area contributed by atoms with Crippen LogP contribution in [0.25, 0.3) is 0 Å². The zero-order valence-corrected chi connectivity index (χ0v) is 16.7. The third-order valence-electron chi connectivity index (χ3n) is 5.89. The van der Waals surface area contributed by atoms with Crippen LogP contribution < -0.4 is 10.2 Å². The number of hydrogen-bond donors (Lipinski definition) is 1. The van der Waals surface area contributed by atoms with Crippen LogP contribution in [0.3, 0.4) is 0 Å². The first-order chi connectivity index (χ1) is 13.1. The van der Waals surface area contributed by atoms with Crippen molar-refractivity contribution in [3.63, 3.8) is 0 Å². The van der Waals surface area contributed by atoms with Gasteiger partial charge < -0.3 is 10.2 Å². The van der Waals surface area contributed by atoms with Crippen molar-refractivity contribution >= 4 is 33.4 Å². The molecule has 1 N–H and O–H groups in total. The summed E-state index contributed by atoms with van der Waals surface area (Å²) in [5.41, 5.74) is 0.505. The second-order valence-corrected chi connectivity index (χ2v) is 10.0. The molecule has 1 aromatic rings. The monoisotopic (exact) mass is 405 g/mol. The molecule has 1 saturated carbocycles. The van der Waals surface area contributed by atoms with Crippen molar-refractivity contribution in [3.05, 3.63) is 23.8 Å². The van der Waals surface area contributed by atoms with Crippen molar-refractivity contribution in [2.75, 3.05) is 24.2 Å². The van der Waals surface area contributed by atoms with Gasteiger partial charge in [0.2, 0.25) is 5.91 Å². The van der Waals surface area contributed by atoms with E-state index in [0.717, 1.165) is 29.6 Å². The summed E-state index contributed by atoms with van der Waals surface area (Å²) in [6.07, 6.45) is 4.30. The first-order valence-corrected chi connectivity index (χ1v) is 11.3. The lowest BCUT2D eigenvalue weighted by Crippen LogP contribution is -2.48. The number of imide groups is 1. The van der Waals surface area contributed by atoms with Gasteiger partial charge in [-0.15, -0.1) is 0 Å². The largest absolute Gasteiger partial charge is 0.325 e. The van der Waals surface area contributed by atoms with E-state index < -0.39 is 21.4 Å². The van der Waals surface area contributed by atoms with Gasteiger partial charge in [0.05, 0.1) is 4.90 Å². The number of aryl methyl sites for hydroxylation is 1. The summed E-state index contributed by atoms with van der Waals surface area (Å²) >= 11 is 0. The molecule has 3 aliphatic rings. The molecule has 9 heteroatoms. The predicted octanol–water partition coefficient (Wildman–Crippen LogP) is 1.09. The molecule has 0 aromatic heterocycles. The fourth-order valence-electron chi connectivity index (χ4n) is 4.08. The van der Waals surface area contributed by atoms with Gasteiger partial charge in [-0.25, -0.2) is 13.2 Å². The lowest BCUT2D eigenvalue weighted by atomic mass is 9.96. The third-order valence-corrected chi connectivity index (χ3v) is 7.00. The number of anilines is 1. The maximum absolute atomic E-state index is 12.9. The van der Waals surface area contributed by atoms with E-state index in [0.29, 0.717) is 25.1 Å². The molecular weight excluding hydrogens is 382 g/mol. The van der Waals surface area contributed by atoms with Crippen LogP contribution in [-0.4, -0.2) is 56.0 Å². The smallest absolute Gasteiger partial charge is 0.323 e. The maximum Gasteiger partial charge on any atom is 0.325 e. The van der Waals surface area contributed by atoms with Crippen molar-refractivity contribution in [3.8, 4) is 0 Å². The maximum atomic E-state index is 12.9. The minimum Gasteiger partial charge on any atom is -0.323 e. The molecular formula is C19H23N3O5S. The Balaban J connectivity index is 1.55. The highest BCUT2D eigenvalue weighted by Crippen LogP contribution is 2.42. The van der Waals surface area contributed by atoms with E-state index in [4.69, 9.17) is 0 Å². The second kappa shape index (κ2) is 6.30. The molecule has 150 valence electrons. The molecule has 1 aromatic carbocycles. The Labute approximate surface area is 163 Å². The molecule has 1 saturated heterocycles.